The summed E-state index contributed by atoms with van der Waals surface area (Å²) in [6, 6.07) is 6.75. The van der Waals surface area contributed by atoms with Gasteiger partial charge in [0.15, 0.2) is 0 Å². The van der Waals surface area contributed by atoms with Crippen molar-refractivity contribution in [2.75, 3.05) is 6.54 Å². The quantitative estimate of drug-likeness (QED) is 0.842. The van der Waals surface area contributed by atoms with Crippen molar-refractivity contribution in [3.63, 3.8) is 0 Å². The number of rotatable bonds is 5. The molecule has 0 saturated heterocycles. The van der Waals surface area contributed by atoms with Crippen molar-refractivity contribution in [3.8, 4) is 11.6 Å². The highest BCUT2D eigenvalue weighted by Gasteiger charge is 2.07. The predicted molar refractivity (Wildman–Crippen MR) is 83.2 cm³/mol. The average molecular weight is 332 g/mol. The SMILES string of the molecule is CCNCc1cnc(Oc2cc(Cl)cc(Cl)c2)c(Cl)c1. The van der Waals surface area contributed by atoms with E-state index in [-0.39, 0.29) is 0 Å². The molecule has 0 atom stereocenters. The van der Waals surface area contributed by atoms with Crippen LogP contribution >= 0.6 is 34.8 Å². The normalized spacial score (nSPS) is 10.6. The van der Waals surface area contributed by atoms with Gasteiger partial charge in [-0.15, -0.1) is 0 Å². The van der Waals surface area contributed by atoms with E-state index >= 15 is 0 Å². The molecule has 2 rings (SSSR count). The molecule has 1 heterocycles. The van der Waals surface area contributed by atoms with Crippen LogP contribution in [0, 0.1) is 0 Å². The average Bonchev–Trinajstić information content (AvgIpc) is 2.38. The van der Waals surface area contributed by atoms with Gasteiger partial charge in [0.1, 0.15) is 10.8 Å². The summed E-state index contributed by atoms with van der Waals surface area (Å²) in [6.45, 7) is 3.64. The van der Waals surface area contributed by atoms with Crippen LogP contribution < -0.4 is 10.1 Å². The third-order valence-electron chi connectivity index (χ3n) is 2.49. The Kier molecular flexibility index (Phi) is 5.49. The molecule has 1 aromatic carbocycles. The van der Waals surface area contributed by atoms with Gasteiger partial charge in [-0.1, -0.05) is 41.7 Å². The fraction of sp³-hybridized carbons (Fsp3) is 0.214. The van der Waals surface area contributed by atoms with Crippen molar-refractivity contribution in [1.29, 1.82) is 0 Å². The number of ether oxygens (including phenoxy) is 1. The van der Waals surface area contributed by atoms with Crippen LogP contribution in [-0.4, -0.2) is 11.5 Å². The Morgan fingerprint density at radius 1 is 1.10 bits per heavy atom. The van der Waals surface area contributed by atoms with E-state index in [2.05, 4.69) is 10.3 Å². The molecule has 6 heteroatoms. The molecule has 20 heavy (non-hydrogen) atoms. The summed E-state index contributed by atoms with van der Waals surface area (Å²) in [5.41, 5.74) is 0.994. The minimum atomic E-state index is 0.324. The van der Waals surface area contributed by atoms with Gasteiger partial charge in [0.2, 0.25) is 5.88 Å². The van der Waals surface area contributed by atoms with Crippen LogP contribution in [0.4, 0.5) is 0 Å². The highest BCUT2D eigenvalue weighted by molar-refractivity contribution is 6.34. The van der Waals surface area contributed by atoms with Crippen LogP contribution in [-0.2, 0) is 6.54 Å². The molecule has 0 amide bonds. The van der Waals surface area contributed by atoms with E-state index in [4.69, 9.17) is 39.5 Å². The molecule has 1 aromatic heterocycles. The standard InChI is InChI=1S/C14H13Cl3N2O/c1-2-18-7-9-3-13(17)14(19-8-9)20-12-5-10(15)4-11(16)6-12/h3-6,8,18H,2,7H2,1H3. The molecule has 1 N–H and O–H groups in total. The number of nitrogens with zero attached hydrogens (tertiary/aromatic N) is 1. The van der Waals surface area contributed by atoms with E-state index in [0.717, 1.165) is 12.1 Å². The van der Waals surface area contributed by atoms with E-state index in [1.807, 2.05) is 13.0 Å². The van der Waals surface area contributed by atoms with Crippen molar-refractivity contribution in [3.05, 3.63) is 51.1 Å². The number of nitrogens with one attached hydrogen (secondary N) is 1. The van der Waals surface area contributed by atoms with Gasteiger partial charge in [-0.3, -0.25) is 0 Å². The zero-order chi connectivity index (χ0) is 14.5. The first-order chi connectivity index (χ1) is 9.58. The van der Waals surface area contributed by atoms with E-state index in [1.54, 1.807) is 24.4 Å². The highest BCUT2D eigenvalue weighted by Crippen LogP contribution is 2.31. The second-order valence-corrected chi connectivity index (χ2v) is 5.40. The first-order valence-corrected chi connectivity index (χ1v) is 7.21. The van der Waals surface area contributed by atoms with Gasteiger partial charge in [0.25, 0.3) is 0 Å². The van der Waals surface area contributed by atoms with Crippen LogP contribution in [0.15, 0.2) is 30.5 Å². The second-order valence-electron chi connectivity index (χ2n) is 4.12. The Morgan fingerprint density at radius 3 is 2.40 bits per heavy atom. The molecule has 3 nitrogen and oxygen atoms in total. The molecule has 0 saturated carbocycles. The summed E-state index contributed by atoms with van der Waals surface area (Å²) in [5, 5.41) is 4.63. The lowest BCUT2D eigenvalue weighted by atomic mass is 10.3. The number of benzene rings is 1. The minimum Gasteiger partial charge on any atom is -0.437 e. The summed E-state index contributed by atoms with van der Waals surface area (Å²) in [5.74, 6) is 0.821. The molecule has 0 aliphatic rings. The first-order valence-electron chi connectivity index (χ1n) is 6.07. The van der Waals surface area contributed by atoms with E-state index in [0.29, 0.717) is 33.2 Å². The first kappa shape index (κ1) is 15.4. The molecule has 0 aliphatic carbocycles. The van der Waals surface area contributed by atoms with E-state index < -0.39 is 0 Å². The molecular formula is C14H13Cl3N2O. The van der Waals surface area contributed by atoms with Gasteiger partial charge >= 0.3 is 0 Å². The number of aromatic nitrogens is 1. The monoisotopic (exact) mass is 330 g/mol. The smallest absolute Gasteiger partial charge is 0.238 e. The molecule has 0 fully saturated rings. The molecule has 2 aromatic rings. The fourth-order valence-corrected chi connectivity index (χ4v) is 2.34. The van der Waals surface area contributed by atoms with Crippen LogP contribution in [0.2, 0.25) is 15.1 Å². The van der Waals surface area contributed by atoms with Gasteiger partial charge in [-0.25, -0.2) is 4.98 Å². The van der Waals surface area contributed by atoms with Crippen molar-refractivity contribution in [1.82, 2.24) is 10.3 Å². The van der Waals surface area contributed by atoms with Crippen molar-refractivity contribution < 1.29 is 4.74 Å². The van der Waals surface area contributed by atoms with E-state index in [9.17, 15) is 0 Å². The van der Waals surface area contributed by atoms with Crippen LogP contribution in [0.1, 0.15) is 12.5 Å². The molecular weight excluding hydrogens is 319 g/mol. The lowest BCUT2D eigenvalue weighted by molar-refractivity contribution is 0.462. The summed E-state index contributed by atoms with van der Waals surface area (Å²) in [6.07, 6.45) is 1.72. The summed E-state index contributed by atoms with van der Waals surface area (Å²) >= 11 is 18.0. The van der Waals surface area contributed by atoms with Crippen LogP contribution in [0.3, 0.4) is 0 Å². The highest BCUT2D eigenvalue weighted by atomic mass is 35.5. The Balaban J connectivity index is 2.16. The number of halogens is 3. The van der Waals surface area contributed by atoms with Crippen LogP contribution in [0.25, 0.3) is 0 Å². The van der Waals surface area contributed by atoms with Gasteiger partial charge in [-0.2, -0.15) is 0 Å². The maximum atomic E-state index is 6.16. The Morgan fingerprint density at radius 2 is 1.80 bits per heavy atom. The van der Waals surface area contributed by atoms with Gasteiger partial charge in [0.05, 0.1) is 0 Å². The van der Waals surface area contributed by atoms with Gasteiger partial charge in [-0.05, 0) is 36.4 Å². The molecule has 0 spiro atoms. The Labute approximate surface area is 132 Å². The largest absolute Gasteiger partial charge is 0.437 e. The molecule has 0 aliphatic heterocycles. The topological polar surface area (TPSA) is 34.2 Å². The predicted octanol–water partition coefficient (Wildman–Crippen LogP) is 4.94. The number of hydrogen-bond acceptors (Lipinski definition) is 3. The van der Waals surface area contributed by atoms with Gasteiger partial charge < -0.3 is 10.1 Å². The maximum absolute atomic E-state index is 6.16. The summed E-state index contributed by atoms with van der Waals surface area (Å²) in [4.78, 5) is 4.21. The third-order valence-corrected chi connectivity index (χ3v) is 3.20. The fourth-order valence-electron chi connectivity index (χ4n) is 1.61. The lowest BCUT2D eigenvalue weighted by Crippen LogP contribution is -2.11. The van der Waals surface area contributed by atoms with Crippen molar-refractivity contribution in [2.24, 2.45) is 0 Å². The summed E-state index contributed by atoms with van der Waals surface area (Å²) in [7, 11) is 0. The summed E-state index contributed by atoms with van der Waals surface area (Å²) < 4.78 is 5.60. The Hall–Kier alpha value is -1.000. The second kappa shape index (κ2) is 7.14. The van der Waals surface area contributed by atoms with E-state index in [1.165, 1.54) is 0 Å². The van der Waals surface area contributed by atoms with Crippen molar-refractivity contribution in [2.45, 2.75) is 13.5 Å². The van der Waals surface area contributed by atoms with Crippen molar-refractivity contribution >= 4 is 34.8 Å². The third kappa shape index (κ3) is 4.25. The zero-order valence-electron chi connectivity index (χ0n) is 10.8. The minimum absolute atomic E-state index is 0.324. The molecule has 106 valence electrons. The molecule has 0 bridgehead atoms. The maximum Gasteiger partial charge on any atom is 0.238 e. The zero-order valence-corrected chi connectivity index (χ0v) is 13.1. The Bertz CT molecular complexity index is 585. The van der Waals surface area contributed by atoms with Crippen LogP contribution in [0.5, 0.6) is 11.6 Å². The van der Waals surface area contributed by atoms with Gasteiger partial charge in [0, 0.05) is 22.8 Å². The molecule has 0 radical (unpaired) electrons. The lowest BCUT2D eigenvalue weighted by Gasteiger charge is -2.09. The number of hydrogen-bond donors (Lipinski definition) is 1. The molecule has 0 unspecified atom stereocenters. The number of pyridine rings is 1.